The highest BCUT2D eigenvalue weighted by Crippen LogP contribution is 2.47. The summed E-state index contributed by atoms with van der Waals surface area (Å²) in [5, 5.41) is 0. The van der Waals surface area contributed by atoms with E-state index in [0.29, 0.717) is 18.5 Å². The van der Waals surface area contributed by atoms with Gasteiger partial charge >= 0.3 is 13.5 Å². The molecule has 4 atom stereocenters. The summed E-state index contributed by atoms with van der Waals surface area (Å²) in [6, 6.07) is 0. The van der Waals surface area contributed by atoms with Gasteiger partial charge in [-0.25, -0.2) is 9.36 Å². The number of aromatic nitrogens is 2. The van der Waals surface area contributed by atoms with E-state index in [1.807, 2.05) is 0 Å². The maximum absolute atomic E-state index is 13.1. The summed E-state index contributed by atoms with van der Waals surface area (Å²) in [5.74, 6) is 0. The average molecular weight is 479 g/mol. The Kier molecular flexibility index (Phi) is 9.42. The van der Waals surface area contributed by atoms with Crippen molar-refractivity contribution in [1.29, 1.82) is 0 Å². The molecule has 32 heavy (non-hydrogen) atoms. The molecule has 1 saturated heterocycles. The number of methoxy groups -OCH3 is 1. The van der Waals surface area contributed by atoms with Crippen molar-refractivity contribution in [2.75, 3.05) is 48.5 Å². The molecule has 4 unspecified atom stereocenters. The van der Waals surface area contributed by atoms with Crippen LogP contribution in [0.4, 0.5) is 0 Å². The summed E-state index contributed by atoms with van der Waals surface area (Å²) in [4.78, 5) is 35.4. The van der Waals surface area contributed by atoms with Crippen LogP contribution in [0.25, 0.3) is 0 Å². The lowest BCUT2D eigenvalue weighted by Crippen LogP contribution is -2.42. The van der Waals surface area contributed by atoms with Gasteiger partial charge in [-0.15, -0.1) is 0 Å². The van der Waals surface area contributed by atoms with Crippen LogP contribution in [-0.4, -0.2) is 79.2 Å². The van der Waals surface area contributed by atoms with E-state index in [4.69, 9.17) is 14.0 Å². The lowest BCUT2D eigenvalue weighted by Gasteiger charge is -2.23. The summed E-state index contributed by atoms with van der Waals surface area (Å²) in [7, 11) is 4.67. The minimum Gasteiger partial charge on any atom is -0.382 e. The topological polar surface area (TPSA) is 118 Å². The molecule has 1 aromatic heterocycles. The minimum absolute atomic E-state index is 0.102. The first-order valence-electron chi connectivity index (χ1n) is 10.7. The molecule has 0 spiro atoms. The van der Waals surface area contributed by atoms with Crippen LogP contribution in [0.3, 0.4) is 0 Å². The van der Waals surface area contributed by atoms with Crippen LogP contribution < -0.4 is 11.2 Å². The van der Waals surface area contributed by atoms with Gasteiger partial charge in [-0.05, 0) is 26.2 Å². The normalized spacial score (nSPS) is 23.4. The second-order valence-electron chi connectivity index (χ2n) is 9.15. The first-order chi connectivity index (χ1) is 14.9. The fraction of sp³-hybridized carbons (Fsp3) is 0.800. The van der Waals surface area contributed by atoms with E-state index in [2.05, 4.69) is 25.7 Å². The third kappa shape index (κ3) is 7.34. The summed E-state index contributed by atoms with van der Waals surface area (Å²) in [6.45, 7) is 3.08. The largest absolute Gasteiger partial charge is 0.472 e. The van der Waals surface area contributed by atoms with E-state index in [0.717, 1.165) is 31.0 Å². The summed E-state index contributed by atoms with van der Waals surface area (Å²) >= 11 is 0. The van der Waals surface area contributed by atoms with Crippen LogP contribution in [-0.2, 0) is 29.6 Å². The molecule has 0 bridgehead atoms. The molecule has 1 aliphatic heterocycles. The van der Waals surface area contributed by atoms with E-state index in [1.165, 1.54) is 22.4 Å². The zero-order chi connectivity index (χ0) is 24.1. The van der Waals surface area contributed by atoms with Crippen LogP contribution in [0.2, 0.25) is 0 Å². The lowest BCUT2D eigenvalue weighted by molar-refractivity contribution is -0.870. The molecule has 11 nitrogen and oxygen atoms in total. The Morgan fingerprint density at radius 3 is 2.50 bits per heavy atom. The van der Waals surface area contributed by atoms with Crippen LogP contribution in [0.5, 0.6) is 0 Å². The molecular formula is C20H37N3O8P+. The van der Waals surface area contributed by atoms with E-state index in [-0.39, 0.29) is 18.6 Å². The lowest BCUT2D eigenvalue weighted by atomic mass is 10.2. The number of unbranched alkanes of at least 4 members (excludes halogenated alkanes) is 2. The number of hydrogen-bond acceptors (Lipinski definition) is 7. The van der Waals surface area contributed by atoms with Gasteiger partial charge in [0.15, 0.2) is 0 Å². The van der Waals surface area contributed by atoms with Gasteiger partial charge in [0.2, 0.25) is 0 Å². The molecule has 2 heterocycles. The number of nitrogens with zero attached hydrogens (tertiary/aromatic N) is 3. The zero-order valence-electron chi connectivity index (χ0n) is 19.9. The molecule has 0 amide bonds. The number of phosphoric acid groups is 1. The summed E-state index contributed by atoms with van der Waals surface area (Å²) in [6.07, 6.45) is 1.94. The van der Waals surface area contributed by atoms with Gasteiger partial charge in [0.25, 0.3) is 5.56 Å². The average Bonchev–Trinajstić information content (AvgIpc) is 3.07. The van der Waals surface area contributed by atoms with Gasteiger partial charge in [-0.1, -0.05) is 0 Å². The highest BCUT2D eigenvalue weighted by atomic mass is 31.2. The Morgan fingerprint density at radius 2 is 1.91 bits per heavy atom. The van der Waals surface area contributed by atoms with Gasteiger partial charge in [-0.2, -0.15) is 0 Å². The quantitative estimate of drug-likeness (QED) is 0.271. The number of rotatable bonds is 12. The predicted molar refractivity (Wildman–Crippen MR) is 119 cm³/mol. The number of ether oxygens (including phenoxy) is 2. The number of phosphoric ester groups is 1. The molecule has 1 aliphatic rings. The fourth-order valence-electron chi connectivity index (χ4n) is 3.71. The molecule has 12 heteroatoms. The molecular weight excluding hydrogens is 441 g/mol. The SMILES string of the molecule is COCC1OC(n2cc(C)c(=O)n(CCCCC[N+](C)(C)C)c2=O)CC1OP(=O)(O)OC. The predicted octanol–water partition coefficient (Wildman–Crippen LogP) is 1.26. The minimum atomic E-state index is -4.25. The van der Waals surface area contributed by atoms with Crippen molar-refractivity contribution in [2.24, 2.45) is 0 Å². The standard InChI is InChI=1S/C20H36N3O8P/c1-15-13-22(18-12-16(17(30-18)14-28-5)31-32(26,27)29-6)20(25)21(19(15)24)10-8-7-9-11-23(2,3)4/h13,16-18H,7-12,14H2,1-6H3/p+1. The Bertz CT molecular complexity index is 923. The van der Waals surface area contributed by atoms with Crippen molar-refractivity contribution in [3.63, 3.8) is 0 Å². The second kappa shape index (κ2) is 11.2. The number of quaternary nitrogens is 1. The maximum Gasteiger partial charge on any atom is 0.472 e. The van der Waals surface area contributed by atoms with Crippen molar-refractivity contribution in [2.45, 2.75) is 57.6 Å². The molecule has 0 aliphatic carbocycles. The van der Waals surface area contributed by atoms with E-state index in [9.17, 15) is 19.0 Å². The van der Waals surface area contributed by atoms with Gasteiger partial charge in [-0.3, -0.25) is 23.0 Å². The van der Waals surface area contributed by atoms with E-state index in [1.54, 1.807) is 6.92 Å². The third-order valence-electron chi connectivity index (χ3n) is 5.40. The number of aryl methyl sites for hydroxylation is 1. The van der Waals surface area contributed by atoms with E-state index >= 15 is 0 Å². The fourth-order valence-corrected chi connectivity index (χ4v) is 4.36. The first-order valence-corrected chi connectivity index (χ1v) is 12.2. The van der Waals surface area contributed by atoms with Crippen LogP contribution >= 0.6 is 7.82 Å². The van der Waals surface area contributed by atoms with Crippen molar-refractivity contribution < 1.29 is 32.5 Å². The molecule has 1 fully saturated rings. The van der Waals surface area contributed by atoms with Gasteiger partial charge in [0, 0.05) is 38.9 Å². The molecule has 0 radical (unpaired) electrons. The number of hydrogen-bond donors (Lipinski definition) is 1. The van der Waals surface area contributed by atoms with Crippen LogP contribution in [0, 0.1) is 6.92 Å². The van der Waals surface area contributed by atoms with Crippen molar-refractivity contribution in [1.82, 2.24) is 9.13 Å². The molecule has 1 aromatic rings. The van der Waals surface area contributed by atoms with E-state index < -0.39 is 31.9 Å². The Balaban J connectivity index is 2.19. The van der Waals surface area contributed by atoms with Gasteiger partial charge < -0.3 is 18.9 Å². The third-order valence-corrected chi connectivity index (χ3v) is 6.40. The highest BCUT2D eigenvalue weighted by molar-refractivity contribution is 7.47. The van der Waals surface area contributed by atoms with Gasteiger partial charge in [0.1, 0.15) is 18.4 Å². The molecule has 0 aromatic carbocycles. The van der Waals surface area contributed by atoms with Crippen LogP contribution in [0.15, 0.2) is 15.8 Å². The monoisotopic (exact) mass is 478 g/mol. The smallest absolute Gasteiger partial charge is 0.382 e. The Hall–Kier alpha value is -1.33. The Labute approximate surface area is 188 Å². The summed E-state index contributed by atoms with van der Waals surface area (Å²) in [5.41, 5.74) is -0.388. The van der Waals surface area contributed by atoms with Crippen LogP contribution in [0.1, 0.15) is 37.5 Å². The van der Waals surface area contributed by atoms with Crippen molar-refractivity contribution in [3.8, 4) is 0 Å². The molecule has 2 rings (SSSR count). The maximum atomic E-state index is 13.1. The van der Waals surface area contributed by atoms with Gasteiger partial charge in [0.05, 0.1) is 34.3 Å². The molecule has 0 saturated carbocycles. The zero-order valence-corrected chi connectivity index (χ0v) is 20.7. The van der Waals surface area contributed by atoms with Crippen molar-refractivity contribution in [3.05, 3.63) is 32.6 Å². The second-order valence-corrected chi connectivity index (χ2v) is 10.7. The molecule has 1 N–H and O–H groups in total. The molecule has 184 valence electrons. The Morgan fingerprint density at radius 1 is 1.22 bits per heavy atom. The summed E-state index contributed by atoms with van der Waals surface area (Å²) < 4.78 is 36.1. The highest BCUT2D eigenvalue weighted by Gasteiger charge is 2.41. The van der Waals surface area contributed by atoms with Crippen molar-refractivity contribution >= 4 is 7.82 Å². The first kappa shape index (κ1) is 26.9.